The van der Waals surface area contributed by atoms with Gasteiger partial charge in [0, 0.05) is 5.56 Å². The molecule has 0 saturated heterocycles. The lowest BCUT2D eigenvalue weighted by atomic mass is 9.92. The zero-order valence-electron chi connectivity index (χ0n) is 23.9. The summed E-state index contributed by atoms with van der Waals surface area (Å²) in [5.74, 6) is 4.05. The first kappa shape index (κ1) is 31.3. The maximum absolute atomic E-state index is 16.8. The molecule has 0 N–H and O–H groups in total. The van der Waals surface area contributed by atoms with Gasteiger partial charge in [0.1, 0.15) is 22.0 Å². The highest BCUT2D eigenvalue weighted by Gasteiger charge is 2.45. The van der Waals surface area contributed by atoms with Crippen LogP contribution in [0.2, 0.25) is 33.2 Å². The Labute approximate surface area is 215 Å². The van der Waals surface area contributed by atoms with Gasteiger partial charge >= 0.3 is 0 Å². The molecule has 0 aromatic heterocycles. The van der Waals surface area contributed by atoms with Gasteiger partial charge in [-0.2, -0.15) is 0 Å². The second-order valence-corrected chi connectivity index (χ2v) is 23.0. The first-order valence-corrected chi connectivity index (χ1v) is 17.5. The Kier molecular flexibility index (Phi) is 10.8. The maximum atomic E-state index is 16.8. The molecule has 0 amide bonds. The van der Waals surface area contributed by atoms with E-state index in [1.165, 1.54) is 18.2 Å². The van der Waals surface area contributed by atoms with E-state index in [0.29, 0.717) is 16.6 Å². The van der Waals surface area contributed by atoms with Crippen molar-refractivity contribution in [3.63, 3.8) is 0 Å². The summed E-state index contributed by atoms with van der Waals surface area (Å²) in [5.41, 5.74) is 5.68. The zero-order valence-corrected chi connectivity index (χ0v) is 25.9. The van der Waals surface area contributed by atoms with Crippen LogP contribution in [0.4, 0.5) is 8.78 Å². The lowest BCUT2D eigenvalue weighted by Gasteiger charge is -2.38. The Morgan fingerprint density at radius 1 is 0.743 bits per heavy atom. The van der Waals surface area contributed by atoms with E-state index in [4.69, 9.17) is 0 Å². The van der Waals surface area contributed by atoms with Gasteiger partial charge in [0.2, 0.25) is 0 Å². The second-order valence-electron chi connectivity index (χ2n) is 11.8. The lowest BCUT2D eigenvalue weighted by Crippen LogP contribution is -2.44. The highest BCUT2D eigenvalue weighted by atomic mass is 28.3. The summed E-state index contributed by atoms with van der Waals surface area (Å²) in [4.78, 5) is 13.6. The minimum absolute atomic E-state index is 0.0747. The monoisotopic (exact) mass is 516 g/mol. The van der Waals surface area contributed by atoms with Crippen molar-refractivity contribution in [2.24, 2.45) is 0 Å². The molecule has 0 saturated carbocycles. The van der Waals surface area contributed by atoms with Crippen molar-refractivity contribution < 1.29 is 13.6 Å². The van der Waals surface area contributed by atoms with Crippen LogP contribution in [0.3, 0.4) is 0 Å². The fourth-order valence-electron chi connectivity index (χ4n) is 6.27. The van der Waals surface area contributed by atoms with Gasteiger partial charge in [0.05, 0.1) is 0 Å². The molecule has 0 aliphatic carbocycles. The van der Waals surface area contributed by atoms with Gasteiger partial charge in [-0.3, -0.25) is 4.79 Å². The fraction of sp³-hybridized carbons (Fsp3) is 0.633. The highest BCUT2D eigenvalue weighted by molar-refractivity contribution is 6.91. The van der Waals surface area contributed by atoms with Crippen molar-refractivity contribution in [3.05, 3.63) is 35.6 Å². The molecule has 0 heterocycles. The molecule has 0 radical (unpaired) electrons. The molecule has 1 nitrogen and oxygen atoms in total. The van der Waals surface area contributed by atoms with Crippen LogP contribution in [0, 0.1) is 28.7 Å². The van der Waals surface area contributed by atoms with Crippen molar-refractivity contribution in [3.8, 4) is 22.9 Å². The molecule has 194 valence electrons. The number of carbonyl (C=O) groups excluding carboxylic acids is 1. The van der Waals surface area contributed by atoms with Gasteiger partial charge in [-0.15, -0.1) is 11.1 Å². The number of hydrogen-bond acceptors (Lipinski definition) is 1. The average molecular weight is 517 g/mol. The van der Waals surface area contributed by atoms with Crippen LogP contribution < -0.4 is 0 Å². The molecule has 0 aliphatic rings. The van der Waals surface area contributed by atoms with Gasteiger partial charge in [0.25, 0.3) is 11.5 Å². The van der Waals surface area contributed by atoms with Crippen LogP contribution in [0.5, 0.6) is 0 Å². The third-order valence-corrected chi connectivity index (χ3v) is 20.7. The summed E-state index contributed by atoms with van der Waals surface area (Å²) in [6.07, 6.45) is 0. The number of rotatable bonds is 8. The second kappa shape index (κ2) is 12.0. The van der Waals surface area contributed by atoms with Gasteiger partial charge in [-0.05, 0) is 51.3 Å². The highest BCUT2D eigenvalue weighted by Crippen LogP contribution is 2.42. The van der Waals surface area contributed by atoms with E-state index in [-0.39, 0.29) is 22.2 Å². The van der Waals surface area contributed by atoms with E-state index < -0.39 is 33.4 Å². The molecule has 0 fully saturated rings. The molecular formula is C30H46F2OSi2. The number of Topliss-reactive ketones (excluding diaryl/α,β-unsaturated/α-hetero) is 1. The van der Waals surface area contributed by atoms with E-state index in [0.717, 1.165) is 6.07 Å². The van der Waals surface area contributed by atoms with E-state index in [1.54, 1.807) is 0 Å². The van der Waals surface area contributed by atoms with Crippen LogP contribution in [-0.4, -0.2) is 21.9 Å². The normalized spacial score (nSPS) is 14.3. The van der Waals surface area contributed by atoms with Crippen LogP contribution >= 0.6 is 0 Å². The van der Waals surface area contributed by atoms with Crippen molar-refractivity contribution in [2.75, 3.05) is 0 Å². The topological polar surface area (TPSA) is 17.1 Å². The molecule has 1 atom stereocenters. The van der Waals surface area contributed by atoms with Crippen LogP contribution in [-0.2, 0) is 10.5 Å². The smallest absolute Gasteiger partial charge is 0.265 e. The fourth-order valence-corrected chi connectivity index (χ4v) is 16.7. The van der Waals surface area contributed by atoms with Gasteiger partial charge in [-0.1, -0.05) is 101 Å². The van der Waals surface area contributed by atoms with Crippen molar-refractivity contribution in [1.82, 2.24) is 0 Å². The third-order valence-electron chi connectivity index (χ3n) is 8.11. The lowest BCUT2D eigenvalue weighted by molar-refractivity contribution is -0.121. The number of alkyl halides is 1. The van der Waals surface area contributed by atoms with Crippen LogP contribution in [0.25, 0.3) is 0 Å². The van der Waals surface area contributed by atoms with E-state index in [9.17, 15) is 9.18 Å². The number of halogens is 2. The number of ketones is 1. The van der Waals surface area contributed by atoms with Crippen molar-refractivity contribution in [2.45, 2.75) is 122 Å². The van der Waals surface area contributed by atoms with Crippen molar-refractivity contribution in [1.29, 1.82) is 0 Å². The summed E-state index contributed by atoms with van der Waals surface area (Å²) in [6.45, 7) is 25.7. The summed E-state index contributed by atoms with van der Waals surface area (Å²) < 4.78 is 31.0. The third kappa shape index (κ3) is 6.18. The number of benzene rings is 1. The van der Waals surface area contributed by atoms with E-state index in [1.807, 2.05) is 0 Å². The minimum atomic E-state index is -2.67. The molecule has 0 bridgehead atoms. The molecule has 1 aromatic carbocycles. The summed E-state index contributed by atoms with van der Waals surface area (Å²) in [7, 11) is -4.59. The first-order valence-electron chi connectivity index (χ1n) is 13.1. The Hall–Kier alpha value is -1.70. The molecule has 1 rings (SSSR count). The maximum Gasteiger partial charge on any atom is 0.265 e. The van der Waals surface area contributed by atoms with Crippen LogP contribution in [0.1, 0.15) is 88.6 Å². The van der Waals surface area contributed by atoms with E-state index >= 15 is 4.39 Å². The molecule has 5 heteroatoms. The zero-order chi connectivity index (χ0) is 27.4. The summed E-state index contributed by atoms with van der Waals surface area (Å²) >= 11 is 0. The van der Waals surface area contributed by atoms with E-state index in [2.05, 4.69) is 106 Å². The van der Waals surface area contributed by atoms with Gasteiger partial charge in [0.15, 0.2) is 0 Å². The molecule has 0 unspecified atom stereocenters. The Morgan fingerprint density at radius 2 is 1.14 bits per heavy atom. The average Bonchev–Trinajstić information content (AvgIpc) is 2.72. The molecule has 35 heavy (non-hydrogen) atoms. The van der Waals surface area contributed by atoms with Crippen molar-refractivity contribution >= 4 is 21.9 Å². The quantitative estimate of drug-likeness (QED) is 0.249. The van der Waals surface area contributed by atoms with Gasteiger partial charge < -0.3 is 0 Å². The number of hydrogen-bond donors (Lipinski definition) is 0. The summed E-state index contributed by atoms with van der Waals surface area (Å²) in [6, 6.07) is 5.19. The Bertz CT molecular complexity index is 959. The Balaban J connectivity index is 3.90. The number of carbonyl (C=O) groups is 1. The SMILES string of the molecule is CC(C)[Si](C#CC(=O)[C@](F)(C#C[Si](C(C)C)(C(C)C)C(C)C)c1cccc(F)c1)(C(C)C)C(C)C. The summed E-state index contributed by atoms with van der Waals surface area (Å²) in [5, 5.41) is 0. The molecule has 0 spiro atoms. The molecular weight excluding hydrogens is 470 g/mol. The predicted molar refractivity (Wildman–Crippen MR) is 152 cm³/mol. The Morgan fingerprint density at radius 3 is 1.51 bits per heavy atom. The molecule has 1 aromatic rings. The largest absolute Gasteiger partial charge is 0.280 e. The van der Waals surface area contributed by atoms with Gasteiger partial charge in [-0.25, -0.2) is 8.78 Å². The molecule has 0 aliphatic heterocycles. The predicted octanol–water partition coefficient (Wildman–Crippen LogP) is 9.00. The minimum Gasteiger partial charge on any atom is -0.280 e. The standard InChI is InChI=1S/C30H46F2OSi2/c1-21(2)34(22(3)4,23(5)6)18-16-29(33)30(32,27-14-13-15-28(31)20-27)17-19-35(24(7)8,25(9)10)26(11)12/h13-15,20-26H,1-12H3/t30-/m0/s1. The van der Waals surface area contributed by atoms with Crippen LogP contribution in [0.15, 0.2) is 24.3 Å². The first-order chi connectivity index (χ1) is 16.0.